The van der Waals surface area contributed by atoms with E-state index in [-0.39, 0.29) is 28.2 Å². The molecule has 2 aromatic heterocycles. The minimum absolute atomic E-state index is 0.106. The lowest BCUT2D eigenvalue weighted by Gasteiger charge is -2.36. The van der Waals surface area contributed by atoms with Gasteiger partial charge in [-0.15, -0.1) is 5.10 Å². The Kier molecular flexibility index (Phi) is 8.34. The van der Waals surface area contributed by atoms with Crippen molar-refractivity contribution in [2.45, 2.75) is 61.5 Å². The van der Waals surface area contributed by atoms with Gasteiger partial charge in [-0.25, -0.2) is 13.9 Å². The van der Waals surface area contributed by atoms with E-state index in [4.69, 9.17) is 0 Å². The van der Waals surface area contributed by atoms with Crippen molar-refractivity contribution >= 4 is 38.9 Å². The van der Waals surface area contributed by atoms with Gasteiger partial charge in [-0.05, 0) is 83.5 Å². The second-order valence-corrected chi connectivity index (χ2v) is 13.5. The molecule has 1 atom stereocenters. The minimum atomic E-state index is -1.60. The molecule has 1 aliphatic heterocycles. The first-order valence-electron chi connectivity index (χ1n) is 15.0. The maximum atomic E-state index is 13.5. The lowest BCUT2D eigenvalue weighted by Crippen LogP contribution is -2.51. The average Bonchev–Trinajstić information content (AvgIpc) is 3.41. The van der Waals surface area contributed by atoms with Crippen LogP contribution in [-0.4, -0.2) is 98.6 Å². The summed E-state index contributed by atoms with van der Waals surface area (Å²) in [5.74, 6) is 0.106. The molecular weight excluding hydrogens is 564 g/mol. The Balaban J connectivity index is 1.14. The molecule has 0 radical (unpaired) electrons. The fourth-order valence-corrected chi connectivity index (χ4v) is 7.58. The summed E-state index contributed by atoms with van der Waals surface area (Å²) in [5, 5.41) is 11.2. The normalized spacial score (nSPS) is 20.6. The zero-order valence-electron chi connectivity index (χ0n) is 25.3. The predicted molar refractivity (Wildman–Crippen MR) is 168 cm³/mol. The summed E-state index contributed by atoms with van der Waals surface area (Å²) in [6, 6.07) is 12.3. The Bertz CT molecular complexity index is 1730. The molecule has 3 heterocycles. The van der Waals surface area contributed by atoms with Gasteiger partial charge in [-0.1, -0.05) is 17.7 Å². The Labute approximate surface area is 253 Å². The Morgan fingerprint density at radius 3 is 2.49 bits per heavy atom. The van der Waals surface area contributed by atoms with Crippen molar-refractivity contribution in [3.05, 3.63) is 57.9 Å². The number of benzene rings is 2. The molecule has 2 aromatic carbocycles. The van der Waals surface area contributed by atoms with Crippen LogP contribution in [0.4, 0.5) is 5.69 Å². The predicted octanol–water partition coefficient (Wildman–Crippen LogP) is 2.47. The maximum absolute atomic E-state index is 13.5. The number of H-pyrrole nitrogens is 1. The van der Waals surface area contributed by atoms with Crippen molar-refractivity contribution in [1.29, 1.82) is 0 Å². The summed E-state index contributed by atoms with van der Waals surface area (Å²) in [4.78, 5) is 37.4. The fraction of sp³-hybridized carbons (Fsp3) is 0.484. The summed E-state index contributed by atoms with van der Waals surface area (Å²) in [5.41, 5.74) is 3.47. The molecule has 4 aromatic rings. The number of carbonyl (C=O) groups excluding carboxylic acids is 1. The van der Waals surface area contributed by atoms with Gasteiger partial charge in [0, 0.05) is 48.8 Å². The summed E-state index contributed by atoms with van der Waals surface area (Å²) in [7, 11) is 2.66. The van der Waals surface area contributed by atoms with E-state index in [2.05, 4.69) is 49.4 Å². The van der Waals surface area contributed by atoms with Crippen molar-refractivity contribution < 1.29 is 9.00 Å². The molecule has 0 spiro atoms. The monoisotopic (exact) mass is 604 g/mol. The van der Waals surface area contributed by atoms with Crippen LogP contribution in [0.5, 0.6) is 0 Å². The van der Waals surface area contributed by atoms with E-state index in [0.717, 1.165) is 68.7 Å². The van der Waals surface area contributed by atoms with Crippen molar-refractivity contribution in [2.24, 2.45) is 0 Å². The number of amides is 1. The van der Waals surface area contributed by atoms with E-state index in [0.29, 0.717) is 28.4 Å². The molecule has 2 aliphatic rings. The molecule has 2 N–H and O–H groups in total. The van der Waals surface area contributed by atoms with Gasteiger partial charge in [-0.2, -0.15) is 4.98 Å². The topological polar surface area (TPSA) is 119 Å². The Morgan fingerprint density at radius 2 is 1.79 bits per heavy atom. The number of aromatic amines is 1. The van der Waals surface area contributed by atoms with E-state index in [9.17, 15) is 13.8 Å². The largest absolute Gasteiger partial charge is 0.369 e. The maximum Gasteiger partial charge on any atom is 0.281 e. The number of anilines is 1. The molecule has 11 nitrogen and oxygen atoms in total. The summed E-state index contributed by atoms with van der Waals surface area (Å²) < 4.78 is 15.1. The lowest BCUT2D eigenvalue weighted by atomic mass is 9.90. The smallest absolute Gasteiger partial charge is 0.281 e. The zero-order chi connectivity index (χ0) is 30.2. The minimum Gasteiger partial charge on any atom is -0.369 e. The van der Waals surface area contributed by atoms with Crippen LogP contribution < -0.4 is 15.8 Å². The van der Waals surface area contributed by atoms with Gasteiger partial charge in [0.2, 0.25) is 5.91 Å². The molecule has 6 rings (SSSR count). The molecule has 43 heavy (non-hydrogen) atoms. The van der Waals surface area contributed by atoms with Crippen LogP contribution in [0.2, 0.25) is 0 Å². The van der Waals surface area contributed by atoms with Gasteiger partial charge in [-0.3, -0.25) is 14.5 Å². The van der Waals surface area contributed by atoms with E-state index < -0.39 is 10.8 Å². The van der Waals surface area contributed by atoms with Gasteiger partial charge in [0.15, 0.2) is 10.7 Å². The van der Waals surface area contributed by atoms with Crippen LogP contribution in [-0.2, 0) is 15.6 Å². The van der Waals surface area contributed by atoms with Crippen LogP contribution >= 0.6 is 0 Å². The van der Waals surface area contributed by atoms with Crippen molar-refractivity contribution in [3.63, 3.8) is 0 Å². The van der Waals surface area contributed by atoms with Crippen molar-refractivity contribution in [3.8, 4) is 0 Å². The van der Waals surface area contributed by atoms with E-state index in [1.807, 2.05) is 44.2 Å². The highest BCUT2D eigenvalue weighted by molar-refractivity contribution is 7.85. The quantitative estimate of drug-likeness (QED) is 0.330. The number of carbonyl (C=O) groups is 1. The van der Waals surface area contributed by atoms with E-state index >= 15 is 0 Å². The molecule has 228 valence electrons. The highest BCUT2D eigenvalue weighted by Gasteiger charge is 2.26. The first-order chi connectivity index (χ1) is 20.7. The van der Waals surface area contributed by atoms with E-state index in [1.165, 1.54) is 0 Å². The molecule has 2 fully saturated rings. The van der Waals surface area contributed by atoms with Crippen LogP contribution in [0.15, 0.2) is 51.1 Å². The van der Waals surface area contributed by atoms with Gasteiger partial charge < -0.3 is 15.1 Å². The highest BCUT2D eigenvalue weighted by Crippen LogP contribution is 2.26. The van der Waals surface area contributed by atoms with Crippen LogP contribution in [0, 0.1) is 13.8 Å². The summed E-state index contributed by atoms with van der Waals surface area (Å²) >= 11 is 0. The van der Waals surface area contributed by atoms with Gasteiger partial charge in [0.05, 0.1) is 17.4 Å². The van der Waals surface area contributed by atoms with E-state index in [1.54, 1.807) is 10.6 Å². The molecule has 1 amide bonds. The first-order valence-corrected chi connectivity index (χ1v) is 16.2. The summed E-state index contributed by atoms with van der Waals surface area (Å²) in [6.45, 7) is 7.39. The molecule has 12 heteroatoms. The zero-order valence-corrected chi connectivity index (χ0v) is 26.1. The molecule has 1 unspecified atom stereocenters. The van der Waals surface area contributed by atoms with Crippen LogP contribution in [0.1, 0.15) is 36.8 Å². The molecule has 0 bridgehead atoms. The molecule has 1 saturated heterocycles. The lowest BCUT2D eigenvalue weighted by molar-refractivity contribution is -0.123. The third-order valence-electron chi connectivity index (χ3n) is 8.92. The number of hydrogen-bond donors (Lipinski definition) is 2. The number of nitrogens with zero attached hydrogens (tertiary/aromatic N) is 6. The molecular formula is C31H40N8O3S. The van der Waals surface area contributed by atoms with Crippen LogP contribution in [0.25, 0.3) is 16.6 Å². The van der Waals surface area contributed by atoms with Gasteiger partial charge >= 0.3 is 0 Å². The number of aryl methyl sites for hydroxylation is 2. The number of piperazine rings is 1. The second kappa shape index (κ2) is 12.2. The number of rotatable bonds is 7. The van der Waals surface area contributed by atoms with Crippen molar-refractivity contribution in [2.75, 3.05) is 51.7 Å². The Morgan fingerprint density at radius 1 is 1.05 bits per heavy atom. The third kappa shape index (κ3) is 6.09. The van der Waals surface area contributed by atoms with Gasteiger partial charge in [0.1, 0.15) is 10.8 Å². The second-order valence-electron chi connectivity index (χ2n) is 12.1. The summed E-state index contributed by atoms with van der Waals surface area (Å²) in [6.07, 6.45) is 4.33. The first kappa shape index (κ1) is 29.5. The average molecular weight is 605 g/mol. The highest BCUT2D eigenvalue weighted by atomic mass is 32.2. The van der Waals surface area contributed by atoms with Gasteiger partial charge in [0.25, 0.3) is 5.56 Å². The van der Waals surface area contributed by atoms with Crippen molar-refractivity contribution in [1.82, 2.24) is 34.9 Å². The third-order valence-corrected chi connectivity index (χ3v) is 10.4. The molecule has 1 aliphatic carbocycles. The number of nitrogens with one attached hydrogen (secondary N) is 2. The Hall–Kier alpha value is -3.61. The fourth-order valence-electron chi connectivity index (χ4n) is 6.41. The number of hydrogen-bond acceptors (Lipinski definition) is 8. The van der Waals surface area contributed by atoms with Crippen LogP contribution in [0.3, 0.4) is 0 Å². The standard InChI is InChI=1S/C31H40N8O3S/c1-20-5-12-27(21(2)17-20)43(42)31-29-33-30(41)25-11-10-24(18-26(25)39(29)35-34-31)38-15-13-37(14-16-38)19-28(40)32-22-6-8-23(9-7-22)36(3)4/h5,10-12,17-18,22-23,35H,6-9,13-16,19H2,1-4H3,(H,32,40). The molecule has 1 saturated carbocycles. The number of aromatic nitrogens is 4. The SMILES string of the molecule is Cc1ccc(S(=O)c2n[nH]n3c2nc(=O)c2ccc(N4CCN(CC(=O)NC5CCC(N(C)C)CC5)CC4)cc23)c(C)c1. The number of fused-ring (bicyclic) bond motifs is 3.